The van der Waals surface area contributed by atoms with Crippen LogP contribution in [0.1, 0.15) is 13.8 Å². The smallest absolute Gasteiger partial charge is 0.230 e. The standard InChI is InChI=1S/C10H10Cl5NO/c1-3-16(4-2)17-10-8(14)6(12)5(11)7(13)9(10)15/h3-4H2,1-2H3/p+1. The van der Waals surface area contributed by atoms with Crippen molar-refractivity contribution < 1.29 is 9.90 Å². The van der Waals surface area contributed by atoms with Gasteiger partial charge in [-0.15, -0.1) is 5.06 Å². The van der Waals surface area contributed by atoms with Crippen LogP contribution in [0.3, 0.4) is 0 Å². The van der Waals surface area contributed by atoms with Crippen molar-refractivity contribution in [3.8, 4) is 5.75 Å². The molecule has 0 saturated carbocycles. The van der Waals surface area contributed by atoms with E-state index in [0.29, 0.717) is 0 Å². The van der Waals surface area contributed by atoms with E-state index < -0.39 is 0 Å². The van der Waals surface area contributed by atoms with E-state index in [4.69, 9.17) is 62.8 Å². The molecular weight excluding hydrogens is 327 g/mol. The van der Waals surface area contributed by atoms with Crippen LogP contribution in [0.5, 0.6) is 5.75 Å². The van der Waals surface area contributed by atoms with Crippen LogP contribution in [0, 0.1) is 0 Å². The summed E-state index contributed by atoms with van der Waals surface area (Å²) in [6.45, 7) is 5.45. The van der Waals surface area contributed by atoms with Gasteiger partial charge in [0.15, 0.2) is 0 Å². The zero-order valence-electron chi connectivity index (χ0n) is 9.21. The van der Waals surface area contributed by atoms with E-state index >= 15 is 0 Å². The summed E-state index contributed by atoms with van der Waals surface area (Å²) >= 11 is 29.8. The average Bonchev–Trinajstić information content (AvgIpc) is 2.34. The van der Waals surface area contributed by atoms with Crippen molar-refractivity contribution in [1.29, 1.82) is 0 Å². The molecule has 2 nitrogen and oxygen atoms in total. The van der Waals surface area contributed by atoms with Gasteiger partial charge in [-0.2, -0.15) is 0 Å². The first kappa shape index (κ1) is 15.5. The van der Waals surface area contributed by atoms with Crippen LogP contribution in [0.4, 0.5) is 0 Å². The third kappa shape index (κ3) is 3.25. The van der Waals surface area contributed by atoms with Gasteiger partial charge in [0.05, 0.1) is 15.1 Å². The second kappa shape index (κ2) is 6.55. The van der Waals surface area contributed by atoms with Crippen molar-refractivity contribution in [2.75, 3.05) is 13.1 Å². The normalized spacial score (nSPS) is 11.1. The van der Waals surface area contributed by atoms with Gasteiger partial charge in [-0.25, -0.2) is 0 Å². The van der Waals surface area contributed by atoms with Crippen molar-refractivity contribution in [2.24, 2.45) is 0 Å². The van der Waals surface area contributed by atoms with Gasteiger partial charge in [-0.05, 0) is 13.8 Å². The zero-order valence-corrected chi connectivity index (χ0v) is 13.0. The van der Waals surface area contributed by atoms with E-state index in [0.717, 1.165) is 18.2 Å². The monoisotopic (exact) mass is 336 g/mol. The van der Waals surface area contributed by atoms with Crippen LogP contribution in [0.25, 0.3) is 0 Å². The lowest BCUT2D eigenvalue weighted by molar-refractivity contribution is -1.06. The van der Waals surface area contributed by atoms with Crippen LogP contribution < -0.4 is 9.90 Å². The SMILES string of the molecule is CC[NH+](CC)Oc1c(Cl)c(Cl)c(Cl)c(Cl)c1Cl. The predicted molar refractivity (Wildman–Crippen MR) is 74.2 cm³/mol. The van der Waals surface area contributed by atoms with Crippen molar-refractivity contribution in [3.63, 3.8) is 0 Å². The summed E-state index contributed by atoms with van der Waals surface area (Å²) in [5.74, 6) is 0.256. The quantitative estimate of drug-likeness (QED) is 0.494. The molecule has 1 aromatic carbocycles. The highest BCUT2D eigenvalue weighted by Gasteiger charge is 2.23. The maximum Gasteiger partial charge on any atom is 0.230 e. The molecule has 0 saturated heterocycles. The van der Waals surface area contributed by atoms with Crippen LogP contribution in [-0.2, 0) is 0 Å². The molecule has 1 rings (SSSR count). The number of quaternary nitrogens is 1. The molecule has 0 aliphatic carbocycles. The highest BCUT2D eigenvalue weighted by atomic mass is 35.5. The van der Waals surface area contributed by atoms with Crippen LogP contribution in [0.2, 0.25) is 25.1 Å². The summed E-state index contributed by atoms with van der Waals surface area (Å²) in [7, 11) is 0. The molecule has 0 atom stereocenters. The minimum atomic E-state index is 0.130. The van der Waals surface area contributed by atoms with Gasteiger partial charge < -0.3 is 4.84 Å². The summed E-state index contributed by atoms with van der Waals surface area (Å²) in [6.07, 6.45) is 0. The fraction of sp³-hybridized carbons (Fsp3) is 0.400. The Hall–Kier alpha value is 0.430. The number of hydrogen-bond donors (Lipinski definition) is 1. The molecule has 0 spiro atoms. The Labute approximate surface area is 125 Å². The lowest BCUT2D eigenvalue weighted by Crippen LogP contribution is -3.13. The van der Waals surface area contributed by atoms with Gasteiger partial charge >= 0.3 is 0 Å². The van der Waals surface area contributed by atoms with E-state index in [1.165, 1.54) is 0 Å². The van der Waals surface area contributed by atoms with Gasteiger partial charge in [0.1, 0.15) is 23.1 Å². The highest BCUT2D eigenvalue weighted by Crippen LogP contribution is 2.47. The number of hydrogen-bond acceptors (Lipinski definition) is 1. The summed E-state index contributed by atoms with van der Waals surface area (Å²) < 4.78 is 0. The largest absolute Gasteiger partial charge is 0.314 e. The molecule has 0 aliphatic rings. The molecule has 0 amide bonds. The van der Waals surface area contributed by atoms with Gasteiger partial charge in [-0.3, -0.25) is 0 Å². The number of rotatable bonds is 4. The first-order valence-corrected chi connectivity index (χ1v) is 6.86. The summed E-state index contributed by atoms with van der Waals surface area (Å²) in [5.41, 5.74) is 0. The number of benzene rings is 1. The fourth-order valence-corrected chi connectivity index (χ4v) is 2.41. The summed E-state index contributed by atoms with van der Waals surface area (Å²) in [6, 6.07) is 0. The Morgan fingerprint density at radius 3 is 1.47 bits per heavy atom. The molecule has 0 unspecified atom stereocenters. The molecule has 0 fully saturated rings. The maximum absolute atomic E-state index is 6.04. The molecule has 0 aromatic heterocycles. The van der Waals surface area contributed by atoms with E-state index in [1.54, 1.807) is 0 Å². The lowest BCUT2D eigenvalue weighted by atomic mass is 10.3. The Morgan fingerprint density at radius 1 is 0.765 bits per heavy atom. The average molecular weight is 338 g/mol. The van der Waals surface area contributed by atoms with Gasteiger partial charge in [0, 0.05) is 0 Å². The minimum absolute atomic E-state index is 0.130. The molecule has 0 aliphatic heterocycles. The molecule has 0 bridgehead atoms. The summed E-state index contributed by atoms with van der Waals surface area (Å²) in [4.78, 5) is 5.62. The van der Waals surface area contributed by atoms with E-state index in [-0.39, 0.29) is 30.9 Å². The predicted octanol–water partition coefficient (Wildman–Crippen LogP) is 4.17. The van der Waals surface area contributed by atoms with E-state index in [2.05, 4.69) is 0 Å². The van der Waals surface area contributed by atoms with E-state index in [9.17, 15) is 0 Å². The van der Waals surface area contributed by atoms with Crippen molar-refractivity contribution in [2.45, 2.75) is 13.8 Å². The zero-order chi connectivity index (χ0) is 13.2. The van der Waals surface area contributed by atoms with Gasteiger partial charge in [0.2, 0.25) is 5.75 Å². The Morgan fingerprint density at radius 2 is 1.12 bits per heavy atom. The first-order valence-electron chi connectivity index (χ1n) is 4.97. The second-order valence-electron chi connectivity index (χ2n) is 3.25. The molecule has 0 radical (unpaired) electrons. The van der Waals surface area contributed by atoms with Crippen LogP contribution in [-0.4, -0.2) is 13.1 Å². The summed E-state index contributed by atoms with van der Waals surface area (Å²) in [5, 5.41) is 1.60. The van der Waals surface area contributed by atoms with Gasteiger partial charge in [0.25, 0.3) is 0 Å². The molecule has 1 aromatic rings. The maximum atomic E-state index is 6.04. The topological polar surface area (TPSA) is 13.7 Å². The third-order valence-electron chi connectivity index (χ3n) is 2.20. The van der Waals surface area contributed by atoms with Crippen LogP contribution in [0.15, 0.2) is 0 Å². The second-order valence-corrected chi connectivity index (χ2v) is 5.14. The van der Waals surface area contributed by atoms with Crippen molar-refractivity contribution in [3.05, 3.63) is 25.1 Å². The molecule has 0 heterocycles. The highest BCUT2D eigenvalue weighted by molar-refractivity contribution is 6.55. The Bertz CT molecular complexity index is 391. The molecule has 17 heavy (non-hydrogen) atoms. The van der Waals surface area contributed by atoms with E-state index in [1.807, 2.05) is 13.8 Å². The molecular formula is C10H11Cl5NO+. The van der Waals surface area contributed by atoms with Crippen molar-refractivity contribution >= 4 is 58.0 Å². The molecule has 96 valence electrons. The first-order chi connectivity index (χ1) is 7.93. The number of halogens is 5. The lowest BCUT2D eigenvalue weighted by Gasteiger charge is -2.18. The van der Waals surface area contributed by atoms with Crippen LogP contribution >= 0.6 is 58.0 Å². The fourth-order valence-electron chi connectivity index (χ4n) is 1.21. The number of nitrogens with one attached hydrogen (secondary N) is 1. The number of hydroxylamine groups is 2. The third-order valence-corrected chi connectivity index (χ3v) is 4.45. The Balaban J connectivity index is 3.24. The van der Waals surface area contributed by atoms with Crippen molar-refractivity contribution in [1.82, 2.24) is 0 Å². The molecule has 1 N–H and O–H groups in total. The molecule has 7 heteroatoms. The minimum Gasteiger partial charge on any atom is -0.314 e. The Kier molecular flexibility index (Phi) is 5.97. The van der Waals surface area contributed by atoms with Gasteiger partial charge in [-0.1, -0.05) is 58.0 Å².